The molecule has 0 saturated carbocycles. The van der Waals surface area contributed by atoms with Crippen LogP contribution in [0.1, 0.15) is 51.2 Å². The maximum absolute atomic E-state index is 13.6. The van der Waals surface area contributed by atoms with Gasteiger partial charge in [0.25, 0.3) is 0 Å². The lowest BCUT2D eigenvalue weighted by Crippen LogP contribution is -2.34. The molecule has 0 N–H and O–H groups in total. The number of nitrogens with zero attached hydrogens (tertiary/aromatic N) is 1. The predicted molar refractivity (Wildman–Crippen MR) is 145 cm³/mol. The zero-order valence-corrected chi connectivity index (χ0v) is 24.3. The molecule has 2 rings (SSSR count). The van der Waals surface area contributed by atoms with Gasteiger partial charge in [-0.25, -0.2) is 13.2 Å². The van der Waals surface area contributed by atoms with Crippen LogP contribution in [0.3, 0.4) is 0 Å². The lowest BCUT2D eigenvalue weighted by molar-refractivity contribution is -0.274. The third-order valence-electron chi connectivity index (χ3n) is 5.56. The summed E-state index contributed by atoms with van der Waals surface area (Å²) in [6.07, 6.45) is -2.59. The lowest BCUT2D eigenvalue weighted by atomic mass is 10.1. The third-order valence-corrected chi connectivity index (χ3v) is 8.54. The van der Waals surface area contributed by atoms with E-state index in [-0.39, 0.29) is 31.2 Å². The van der Waals surface area contributed by atoms with E-state index in [1.807, 2.05) is 32.9 Å². The van der Waals surface area contributed by atoms with Crippen molar-refractivity contribution in [3.8, 4) is 11.5 Å². The van der Waals surface area contributed by atoms with Gasteiger partial charge in [-0.3, -0.25) is 0 Å². The molecule has 2 aromatic rings. The molecule has 12 heteroatoms. The zero-order valence-electron chi connectivity index (χ0n) is 22.7. The molecule has 2 aromatic carbocycles. The highest BCUT2D eigenvalue weighted by atomic mass is 32.2. The van der Waals surface area contributed by atoms with Crippen molar-refractivity contribution in [3.05, 3.63) is 47.5 Å². The number of esters is 1. The Bertz CT molecular complexity index is 1190. The van der Waals surface area contributed by atoms with E-state index in [2.05, 4.69) is 4.74 Å². The minimum absolute atomic E-state index is 0.00266. The van der Waals surface area contributed by atoms with E-state index in [9.17, 15) is 26.4 Å². The number of sulfonamides is 1. The molecule has 0 aliphatic heterocycles. The summed E-state index contributed by atoms with van der Waals surface area (Å²) >= 11 is 1.47. The zero-order chi connectivity index (χ0) is 29.1. The van der Waals surface area contributed by atoms with Crippen LogP contribution >= 0.6 is 11.8 Å². The first-order valence-electron chi connectivity index (χ1n) is 12.8. The number of rotatable bonds is 16. The van der Waals surface area contributed by atoms with E-state index >= 15 is 0 Å². The van der Waals surface area contributed by atoms with Gasteiger partial charge in [-0.1, -0.05) is 20.3 Å². The quantitative estimate of drug-likeness (QED) is 0.166. The van der Waals surface area contributed by atoms with Crippen molar-refractivity contribution in [2.24, 2.45) is 0 Å². The van der Waals surface area contributed by atoms with Crippen LogP contribution in [0.15, 0.2) is 46.2 Å². The van der Waals surface area contributed by atoms with Crippen LogP contribution in [0.5, 0.6) is 11.5 Å². The smallest absolute Gasteiger partial charge is 0.482 e. The highest BCUT2D eigenvalue weighted by Gasteiger charge is 2.32. The number of ether oxygens (including phenoxy) is 3. The Balaban J connectivity index is 2.15. The van der Waals surface area contributed by atoms with Gasteiger partial charge in [-0.2, -0.15) is 4.31 Å². The molecule has 0 atom stereocenters. The summed E-state index contributed by atoms with van der Waals surface area (Å²) in [5.41, 5.74) is 1.13. The monoisotopic (exact) mass is 591 g/mol. The molecule has 39 heavy (non-hydrogen) atoms. The Labute approximate surface area is 233 Å². The SMILES string of the molecule is CCCCc1cc(OC(F)(F)F)ccc1S(=O)(=O)N(CCC)CCSc1ccc(OCC(=O)OCC)c(C)c1. The molecule has 0 aliphatic carbocycles. The van der Waals surface area contributed by atoms with Crippen LogP contribution in [-0.4, -0.2) is 57.1 Å². The van der Waals surface area contributed by atoms with Crippen LogP contribution in [0.4, 0.5) is 13.2 Å². The molecule has 0 aliphatic rings. The number of hydrogen-bond acceptors (Lipinski definition) is 7. The largest absolute Gasteiger partial charge is 0.573 e. The third kappa shape index (κ3) is 10.6. The number of carbonyl (C=O) groups excluding carboxylic acids is 1. The predicted octanol–water partition coefficient (Wildman–Crippen LogP) is 6.37. The summed E-state index contributed by atoms with van der Waals surface area (Å²) in [6, 6.07) is 8.90. The van der Waals surface area contributed by atoms with E-state index in [4.69, 9.17) is 9.47 Å². The normalized spacial score (nSPS) is 12.0. The Kier molecular flexibility index (Phi) is 12.9. The summed E-state index contributed by atoms with van der Waals surface area (Å²) in [5.74, 6) is 0.129. The Morgan fingerprint density at radius 2 is 1.77 bits per heavy atom. The van der Waals surface area contributed by atoms with Crippen LogP contribution in [0.25, 0.3) is 0 Å². The van der Waals surface area contributed by atoms with Gasteiger partial charge < -0.3 is 14.2 Å². The summed E-state index contributed by atoms with van der Waals surface area (Å²) in [7, 11) is -3.95. The molecule has 0 amide bonds. The van der Waals surface area contributed by atoms with E-state index in [0.29, 0.717) is 36.3 Å². The fraction of sp³-hybridized carbons (Fsp3) is 0.519. The first-order chi connectivity index (χ1) is 18.4. The van der Waals surface area contributed by atoms with Crippen molar-refractivity contribution in [3.63, 3.8) is 0 Å². The van der Waals surface area contributed by atoms with Gasteiger partial charge in [0.2, 0.25) is 10.0 Å². The molecule has 0 spiro atoms. The number of halogens is 3. The van der Waals surface area contributed by atoms with Gasteiger partial charge in [0.15, 0.2) is 6.61 Å². The highest BCUT2D eigenvalue weighted by Crippen LogP contribution is 2.31. The van der Waals surface area contributed by atoms with Gasteiger partial charge in [-0.05, 0) is 80.6 Å². The second kappa shape index (κ2) is 15.4. The highest BCUT2D eigenvalue weighted by molar-refractivity contribution is 7.99. The maximum Gasteiger partial charge on any atom is 0.573 e. The summed E-state index contributed by atoms with van der Waals surface area (Å²) in [6.45, 7) is 7.94. The Hall–Kier alpha value is -2.44. The minimum Gasteiger partial charge on any atom is -0.482 e. The number of carbonyl (C=O) groups is 1. The van der Waals surface area contributed by atoms with Crippen LogP contribution < -0.4 is 9.47 Å². The van der Waals surface area contributed by atoms with Gasteiger partial charge >= 0.3 is 12.3 Å². The number of benzene rings is 2. The van der Waals surface area contributed by atoms with Crippen LogP contribution in [-0.2, 0) is 26.0 Å². The van der Waals surface area contributed by atoms with E-state index < -0.39 is 28.1 Å². The standard InChI is InChI=1S/C27H36F3NO6S2/c1-5-8-9-21-18-22(37-27(28,29)30)10-13-25(21)39(33,34)31(14-6-2)15-16-38-23-11-12-24(20(4)17-23)36-19-26(32)35-7-3/h10-13,17-18H,5-9,14-16,19H2,1-4H3. The van der Waals surface area contributed by atoms with Crippen molar-refractivity contribution >= 4 is 27.8 Å². The van der Waals surface area contributed by atoms with Crippen molar-refractivity contribution in [2.75, 3.05) is 32.1 Å². The molecule has 0 saturated heterocycles. The summed E-state index contributed by atoms with van der Waals surface area (Å²) in [4.78, 5) is 12.4. The van der Waals surface area contributed by atoms with Crippen LogP contribution in [0.2, 0.25) is 0 Å². The fourth-order valence-corrected chi connectivity index (χ4v) is 6.64. The van der Waals surface area contributed by atoms with Crippen molar-refractivity contribution in [1.29, 1.82) is 0 Å². The van der Waals surface area contributed by atoms with E-state index in [1.54, 1.807) is 13.0 Å². The topological polar surface area (TPSA) is 82.1 Å². The van der Waals surface area contributed by atoms with Crippen molar-refractivity contribution in [2.45, 2.75) is 69.5 Å². The molecule has 0 bridgehead atoms. The van der Waals surface area contributed by atoms with E-state index in [1.165, 1.54) is 28.2 Å². The molecule has 218 valence electrons. The van der Waals surface area contributed by atoms with Crippen molar-refractivity contribution in [1.82, 2.24) is 4.31 Å². The molecule has 0 fully saturated rings. The number of alkyl halides is 3. The molecular formula is C27H36F3NO6S2. The summed E-state index contributed by atoms with van der Waals surface area (Å²) < 4.78 is 81.2. The molecule has 0 heterocycles. The van der Waals surface area contributed by atoms with Crippen molar-refractivity contribution < 1.29 is 40.6 Å². The minimum atomic E-state index is -4.86. The number of thioether (sulfide) groups is 1. The van der Waals surface area contributed by atoms with Crippen LogP contribution in [0, 0.1) is 6.92 Å². The number of hydrogen-bond donors (Lipinski definition) is 0. The van der Waals surface area contributed by atoms with E-state index in [0.717, 1.165) is 22.9 Å². The fourth-order valence-electron chi connectivity index (χ4n) is 3.79. The first kappa shape index (κ1) is 32.8. The average molecular weight is 592 g/mol. The maximum atomic E-state index is 13.6. The first-order valence-corrected chi connectivity index (χ1v) is 15.2. The second-order valence-corrected chi connectivity index (χ2v) is 11.8. The van der Waals surface area contributed by atoms with Gasteiger partial charge in [-0.15, -0.1) is 24.9 Å². The molecule has 7 nitrogen and oxygen atoms in total. The Morgan fingerprint density at radius 1 is 1.03 bits per heavy atom. The second-order valence-electron chi connectivity index (χ2n) is 8.69. The molecule has 0 radical (unpaired) electrons. The number of aryl methyl sites for hydroxylation is 2. The van der Waals surface area contributed by atoms with Gasteiger partial charge in [0.1, 0.15) is 11.5 Å². The number of unbranched alkanes of at least 4 members (excludes halogenated alkanes) is 1. The average Bonchev–Trinajstić information content (AvgIpc) is 2.85. The summed E-state index contributed by atoms with van der Waals surface area (Å²) in [5, 5.41) is 0. The molecular weight excluding hydrogens is 555 g/mol. The molecule has 0 aromatic heterocycles. The molecule has 0 unspecified atom stereocenters. The lowest BCUT2D eigenvalue weighted by Gasteiger charge is -2.23. The van der Waals surface area contributed by atoms with Gasteiger partial charge in [0.05, 0.1) is 11.5 Å². The van der Waals surface area contributed by atoms with Gasteiger partial charge in [0, 0.05) is 23.7 Å². The Morgan fingerprint density at radius 3 is 2.38 bits per heavy atom.